The van der Waals surface area contributed by atoms with Gasteiger partial charge in [-0.3, -0.25) is 9.78 Å². The Morgan fingerprint density at radius 1 is 0.967 bits per heavy atom. The lowest BCUT2D eigenvalue weighted by molar-refractivity contribution is 0.0954. The molecule has 4 aromatic rings. The Morgan fingerprint density at radius 2 is 1.73 bits per heavy atom. The van der Waals surface area contributed by atoms with Gasteiger partial charge < -0.3 is 5.32 Å². The van der Waals surface area contributed by atoms with Gasteiger partial charge in [0.2, 0.25) is 0 Å². The second kappa shape index (κ2) is 9.18. The monoisotopic (exact) mass is 396 g/mol. The first kappa shape index (κ1) is 19.6. The molecule has 2 aromatic heterocycles. The molecule has 150 valence electrons. The summed E-state index contributed by atoms with van der Waals surface area (Å²) in [5.41, 5.74) is 5.28. The predicted octanol–water partition coefficient (Wildman–Crippen LogP) is 4.47. The highest BCUT2D eigenvalue weighted by atomic mass is 16.1. The number of hydrogen-bond acceptors (Lipinski definition) is 3. The summed E-state index contributed by atoms with van der Waals surface area (Å²) in [6.07, 6.45) is 5.22. The van der Waals surface area contributed by atoms with Crippen LogP contribution >= 0.6 is 0 Å². The molecule has 0 radical (unpaired) electrons. The van der Waals surface area contributed by atoms with Crippen molar-refractivity contribution in [3.8, 4) is 16.9 Å². The Balaban J connectivity index is 1.60. The minimum absolute atomic E-state index is 0.136. The molecule has 1 N–H and O–H groups in total. The van der Waals surface area contributed by atoms with Crippen molar-refractivity contribution in [2.75, 3.05) is 6.54 Å². The van der Waals surface area contributed by atoms with Crippen LogP contribution in [0.3, 0.4) is 0 Å². The molecule has 2 aromatic carbocycles. The summed E-state index contributed by atoms with van der Waals surface area (Å²) in [6, 6.07) is 23.8. The Hall–Kier alpha value is -3.73. The molecule has 0 saturated heterocycles. The van der Waals surface area contributed by atoms with E-state index >= 15 is 0 Å². The van der Waals surface area contributed by atoms with E-state index in [2.05, 4.69) is 29.4 Å². The van der Waals surface area contributed by atoms with Crippen LogP contribution in [0.4, 0.5) is 0 Å². The zero-order chi connectivity index (χ0) is 20.8. The van der Waals surface area contributed by atoms with Gasteiger partial charge in [0.1, 0.15) is 5.69 Å². The molecule has 0 aliphatic carbocycles. The molecule has 5 nitrogen and oxygen atoms in total. The van der Waals surface area contributed by atoms with Crippen molar-refractivity contribution in [3.05, 3.63) is 102 Å². The highest BCUT2D eigenvalue weighted by Gasteiger charge is 2.18. The first-order valence-electron chi connectivity index (χ1n) is 10.2. The fraction of sp³-hybridized carbons (Fsp3) is 0.160. The molecule has 4 rings (SSSR count). The fourth-order valence-corrected chi connectivity index (χ4v) is 3.31. The molecule has 0 saturated carbocycles. The number of hydrogen-bond donors (Lipinski definition) is 1. The van der Waals surface area contributed by atoms with Gasteiger partial charge in [0.05, 0.1) is 11.3 Å². The first-order chi connectivity index (χ1) is 14.7. The lowest BCUT2D eigenvalue weighted by atomic mass is 10.0. The number of aromatic nitrogens is 3. The average molecular weight is 396 g/mol. The number of nitrogens with one attached hydrogen (secondary N) is 1. The number of carbonyl (C=O) groups is 1. The molecule has 2 heterocycles. The average Bonchev–Trinajstić information content (AvgIpc) is 3.26. The number of aryl methyl sites for hydroxylation is 1. The van der Waals surface area contributed by atoms with E-state index in [1.807, 2.05) is 60.7 Å². The molecule has 0 aliphatic rings. The van der Waals surface area contributed by atoms with Crippen LogP contribution in [0.25, 0.3) is 16.9 Å². The first-order valence-corrected chi connectivity index (χ1v) is 10.2. The maximum Gasteiger partial charge on any atom is 0.255 e. The second-order valence-electron chi connectivity index (χ2n) is 7.05. The van der Waals surface area contributed by atoms with Gasteiger partial charge >= 0.3 is 0 Å². The Bertz CT molecular complexity index is 1100. The van der Waals surface area contributed by atoms with Gasteiger partial charge in [0.25, 0.3) is 5.91 Å². The van der Waals surface area contributed by atoms with Crippen molar-refractivity contribution in [2.24, 2.45) is 0 Å². The summed E-state index contributed by atoms with van der Waals surface area (Å²) >= 11 is 0. The molecule has 0 atom stereocenters. The van der Waals surface area contributed by atoms with Gasteiger partial charge in [-0.05, 0) is 36.2 Å². The second-order valence-corrected chi connectivity index (χ2v) is 7.05. The van der Waals surface area contributed by atoms with Crippen molar-refractivity contribution in [2.45, 2.75) is 19.8 Å². The van der Waals surface area contributed by atoms with Gasteiger partial charge in [-0.1, -0.05) is 55.5 Å². The highest BCUT2D eigenvalue weighted by Crippen LogP contribution is 2.24. The summed E-state index contributed by atoms with van der Waals surface area (Å²) in [5.74, 6) is -0.136. The van der Waals surface area contributed by atoms with Crippen LogP contribution in [-0.4, -0.2) is 27.2 Å². The smallest absolute Gasteiger partial charge is 0.255 e. The molecule has 30 heavy (non-hydrogen) atoms. The quantitative estimate of drug-likeness (QED) is 0.501. The van der Waals surface area contributed by atoms with E-state index in [0.29, 0.717) is 24.2 Å². The van der Waals surface area contributed by atoms with Crippen LogP contribution in [-0.2, 0) is 12.8 Å². The number of benzene rings is 2. The fourth-order valence-electron chi connectivity index (χ4n) is 3.31. The van der Waals surface area contributed by atoms with E-state index in [-0.39, 0.29) is 5.91 Å². The number of rotatable bonds is 7. The molecular formula is C25H24N4O. The SMILES string of the molecule is CCc1ccc(-c2nn(-c3ccccc3)cc2C(=O)NCCc2ccccn2)cc1. The summed E-state index contributed by atoms with van der Waals surface area (Å²) in [4.78, 5) is 17.3. The van der Waals surface area contributed by atoms with Crippen molar-refractivity contribution in [3.63, 3.8) is 0 Å². The van der Waals surface area contributed by atoms with E-state index in [1.54, 1.807) is 17.1 Å². The summed E-state index contributed by atoms with van der Waals surface area (Å²) in [6.45, 7) is 2.64. The Labute approximate surface area is 176 Å². The normalized spacial score (nSPS) is 10.7. The van der Waals surface area contributed by atoms with Gasteiger partial charge in [-0.25, -0.2) is 4.68 Å². The maximum absolute atomic E-state index is 13.0. The molecule has 1 amide bonds. The van der Waals surface area contributed by atoms with Crippen LogP contribution in [0.2, 0.25) is 0 Å². The molecule has 0 spiro atoms. The van der Waals surface area contributed by atoms with Gasteiger partial charge in [-0.2, -0.15) is 5.10 Å². The third-order valence-electron chi connectivity index (χ3n) is 5.01. The zero-order valence-electron chi connectivity index (χ0n) is 17.0. The topological polar surface area (TPSA) is 59.8 Å². The summed E-state index contributed by atoms with van der Waals surface area (Å²) in [7, 11) is 0. The van der Waals surface area contributed by atoms with E-state index in [0.717, 1.165) is 23.4 Å². The zero-order valence-corrected chi connectivity index (χ0v) is 17.0. The maximum atomic E-state index is 13.0. The number of carbonyl (C=O) groups excluding carboxylic acids is 1. The van der Waals surface area contributed by atoms with Crippen LogP contribution in [0.5, 0.6) is 0 Å². The van der Waals surface area contributed by atoms with E-state index in [4.69, 9.17) is 5.10 Å². The van der Waals surface area contributed by atoms with Gasteiger partial charge in [0.15, 0.2) is 0 Å². The summed E-state index contributed by atoms with van der Waals surface area (Å²) in [5, 5.41) is 7.75. The summed E-state index contributed by atoms with van der Waals surface area (Å²) < 4.78 is 1.76. The van der Waals surface area contributed by atoms with Crippen LogP contribution in [0.15, 0.2) is 85.2 Å². The van der Waals surface area contributed by atoms with Crippen molar-refractivity contribution < 1.29 is 4.79 Å². The standard InChI is InChI=1S/C25H24N4O/c1-2-19-11-13-20(14-12-19)24-23(18-29(28-24)22-9-4-3-5-10-22)25(30)27-17-15-21-8-6-7-16-26-21/h3-14,16,18H,2,15,17H2,1H3,(H,27,30). The number of amides is 1. The van der Waals surface area contributed by atoms with E-state index < -0.39 is 0 Å². The van der Waals surface area contributed by atoms with Crippen molar-refractivity contribution in [1.29, 1.82) is 0 Å². The van der Waals surface area contributed by atoms with E-state index in [1.165, 1.54) is 5.56 Å². The minimum Gasteiger partial charge on any atom is -0.352 e. The molecule has 0 fully saturated rings. The van der Waals surface area contributed by atoms with Crippen molar-refractivity contribution >= 4 is 5.91 Å². The van der Waals surface area contributed by atoms with Crippen LogP contribution in [0.1, 0.15) is 28.5 Å². The third-order valence-corrected chi connectivity index (χ3v) is 5.01. The predicted molar refractivity (Wildman–Crippen MR) is 119 cm³/mol. The highest BCUT2D eigenvalue weighted by molar-refractivity contribution is 5.99. The largest absolute Gasteiger partial charge is 0.352 e. The van der Waals surface area contributed by atoms with Gasteiger partial charge in [-0.15, -0.1) is 0 Å². The number of nitrogens with zero attached hydrogens (tertiary/aromatic N) is 3. The van der Waals surface area contributed by atoms with Crippen LogP contribution < -0.4 is 5.32 Å². The molecule has 5 heteroatoms. The van der Waals surface area contributed by atoms with Crippen LogP contribution in [0, 0.1) is 0 Å². The molecule has 0 unspecified atom stereocenters. The lowest BCUT2D eigenvalue weighted by Crippen LogP contribution is -2.26. The third kappa shape index (κ3) is 4.46. The lowest BCUT2D eigenvalue weighted by Gasteiger charge is -2.06. The minimum atomic E-state index is -0.136. The Morgan fingerprint density at radius 3 is 2.43 bits per heavy atom. The van der Waals surface area contributed by atoms with Crippen molar-refractivity contribution in [1.82, 2.24) is 20.1 Å². The van der Waals surface area contributed by atoms with E-state index in [9.17, 15) is 4.79 Å². The number of para-hydroxylation sites is 1. The molecule has 0 aliphatic heterocycles. The number of pyridine rings is 1. The van der Waals surface area contributed by atoms with Gasteiger partial charge in [0, 0.05) is 36.6 Å². The molecule has 0 bridgehead atoms. The molecular weight excluding hydrogens is 372 g/mol. The Kier molecular flexibility index (Phi) is 5.99.